The summed E-state index contributed by atoms with van der Waals surface area (Å²) in [5, 5.41) is 6.64. The molecule has 0 heterocycles. The van der Waals surface area contributed by atoms with Gasteiger partial charge in [-0.05, 0) is 51.9 Å². The number of rotatable bonds is 13. The molecule has 0 amide bonds. The molecule has 0 unspecified atom stereocenters. The molecule has 0 aromatic rings. The minimum atomic E-state index is -3.10. The van der Waals surface area contributed by atoms with Crippen LogP contribution in [-0.4, -0.2) is 70.9 Å². The van der Waals surface area contributed by atoms with Gasteiger partial charge in [0, 0.05) is 46.4 Å². The molecule has 1 aliphatic carbocycles. The molecular weight excluding hydrogens is 364 g/mol. The van der Waals surface area contributed by atoms with E-state index in [0.717, 1.165) is 45.1 Å². The molecule has 2 N–H and O–H groups in total. The summed E-state index contributed by atoms with van der Waals surface area (Å²) in [6.45, 7) is 10.2. The Morgan fingerprint density at radius 2 is 1.89 bits per heavy atom. The molecule has 0 bridgehead atoms. The number of aliphatic imine (C=N–C) groups is 1. The van der Waals surface area contributed by atoms with Crippen LogP contribution in [-0.2, 0) is 14.8 Å². The van der Waals surface area contributed by atoms with Crippen molar-refractivity contribution in [3.8, 4) is 0 Å². The Labute approximate surface area is 166 Å². The van der Waals surface area contributed by atoms with Crippen molar-refractivity contribution in [1.82, 2.24) is 14.9 Å². The Hall–Kier alpha value is -0.860. The van der Waals surface area contributed by atoms with Crippen LogP contribution in [0.3, 0.4) is 0 Å². The number of hydrogen-bond acceptors (Lipinski definition) is 4. The zero-order valence-electron chi connectivity index (χ0n) is 17.7. The number of nitrogens with one attached hydrogen (secondary N) is 2. The lowest BCUT2D eigenvalue weighted by Gasteiger charge is -2.27. The van der Waals surface area contributed by atoms with Gasteiger partial charge < -0.3 is 15.4 Å². The Balaban J connectivity index is 2.50. The van der Waals surface area contributed by atoms with Crippen LogP contribution in [0.1, 0.15) is 59.3 Å². The van der Waals surface area contributed by atoms with Crippen LogP contribution in [0.4, 0.5) is 0 Å². The van der Waals surface area contributed by atoms with Gasteiger partial charge in [-0.1, -0.05) is 12.8 Å². The van der Waals surface area contributed by atoms with Gasteiger partial charge in [-0.25, -0.2) is 12.7 Å². The topological polar surface area (TPSA) is 83.0 Å². The number of guanidine groups is 1. The quantitative estimate of drug-likeness (QED) is 0.279. The molecule has 0 atom stereocenters. The molecule has 1 fully saturated rings. The smallest absolute Gasteiger partial charge is 0.213 e. The fraction of sp³-hybridized carbons (Fsp3) is 0.947. The van der Waals surface area contributed by atoms with Gasteiger partial charge in [0.05, 0.1) is 5.75 Å². The largest absolute Gasteiger partial charge is 0.382 e. The Morgan fingerprint density at radius 1 is 1.19 bits per heavy atom. The average Bonchev–Trinajstić information content (AvgIpc) is 3.12. The van der Waals surface area contributed by atoms with Crippen LogP contribution in [0, 0.1) is 5.41 Å². The molecule has 0 aromatic heterocycles. The molecule has 8 heteroatoms. The van der Waals surface area contributed by atoms with Gasteiger partial charge in [0.1, 0.15) is 0 Å². The second-order valence-electron chi connectivity index (χ2n) is 7.35. The zero-order valence-corrected chi connectivity index (χ0v) is 18.5. The van der Waals surface area contributed by atoms with Gasteiger partial charge in [0.15, 0.2) is 5.96 Å². The molecule has 0 aliphatic heterocycles. The molecule has 0 aromatic carbocycles. The lowest BCUT2D eigenvalue weighted by molar-refractivity contribution is 0.107. The maximum absolute atomic E-state index is 11.8. The maximum Gasteiger partial charge on any atom is 0.213 e. The molecule has 0 saturated heterocycles. The molecule has 0 radical (unpaired) electrons. The van der Waals surface area contributed by atoms with Crippen LogP contribution in [0.15, 0.2) is 4.99 Å². The van der Waals surface area contributed by atoms with Gasteiger partial charge in [-0.15, -0.1) is 0 Å². The Kier molecular flexibility index (Phi) is 11.3. The molecule has 7 nitrogen and oxygen atoms in total. The molecular formula is C19H40N4O3S. The minimum absolute atomic E-state index is 0.144. The summed E-state index contributed by atoms with van der Waals surface area (Å²) in [5.41, 5.74) is 0.271. The van der Waals surface area contributed by atoms with E-state index in [9.17, 15) is 8.42 Å². The molecule has 0 spiro atoms. The molecule has 160 valence electrons. The van der Waals surface area contributed by atoms with Crippen molar-refractivity contribution in [3.63, 3.8) is 0 Å². The number of hydrogen-bond donors (Lipinski definition) is 2. The number of nitrogens with zero attached hydrogens (tertiary/aromatic N) is 2. The highest BCUT2D eigenvalue weighted by molar-refractivity contribution is 7.89. The van der Waals surface area contributed by atoms with Crippen molar-refractivity contribution in [2.45, 2.75) is 59.3 Å². The normalized spacial score (nSPS) is 17.4. The van der Waals surface area contributed by atoms with Crippen molar-refractivity contribution in [1.29, 1.82) is 0 Å². The van der Waals surface area contributed by atoms with Gasteiger partial charge >= 0.3 is 0 Å². The standard InChI is InChI=1S/C19H40N4O3S/c1-5-20-18(21-14-10-15-23(4)27(24,25)7-3)22-17-19(11-8-9-12-19)13-16-26-6-2/h5-17H2,1-4H3,(H2,20,21,22). The number of ether oxygens (including phenoxy) is 1. The van der Waals surface area contributed by atoms with E-state index in [0.29, 0.717) is 13.1 Å². The third kappa shape index (κ3) is 8.79. The summed E-state index contributed by atoms with van der Waals surface area (Å²) in [4.78, 5) is 4.83. The number of sulfonamides is 1. The van der Waals surface area contributed by atoms with Gasteiger partial charge in [0.25, 0.3) is 0 Å². The van der Waals surface area contributed by atoms with E-state index in [1.165, 1.54) is 30.0 Å². The highest BCUT2D eigenvalue weighted by atomic mass is 32.2. The van der Waals surface area contributed by atoms with Crippen LogP contribution >= 0.6 is 0 Å². The summed E-state index contributed by atoms with van der Waals surface area (Å²) >= 11 is 0. The van der Waals surface area contributed by atoms with Gasteiger partial charge in [-0.2, -0.15) is 0 Å². The SMILES string of the molecule is CCNC(=NCC1(CCOCC)CCCC1)NCCCN(C)S(=O)(=O)CC. The highest BCUT2D eigenvalue weighted by Gasteiger charge is 2.33. The van der Waals surface area contributed by atoms with Crippen molar-refractivity contribution >= 4 is 16.0 Å². The van der Waals surface area contributed by atoms with Crippen molar-refractivity contribution in [2.24, 2.45) is 10.4 Å². The van der Waals surface area contributed by atoms with E-state index < -0.39 is 10.0 Å². The first kappa shape index (κ1) is 24.2. The van der Waals surface area contributed by atoms with E-state index in [1.54, 1.807) is 14.0 Å². The predicted molar refractivity (Wildman–Crippen MR) is 113 cm³/mol. The average molecular weight is 405 g/mol. The van der Waals surface area contributed by atoms with Crippen LogP contribution in [0.25, 0.3) is 0 Å². The molecule has 1 aliphatic rings. The molecule has 1 saturated carbocycles. The zero-order chi connectivity index (χ0) is 20.2. The predicted octanol–water partition coefficient (Wildman–Crippen LogP) is 2.20. The van der Waals surface area contributed by atoms with E-state index in [2.05, 4.69) is 17.6 Å². The van der Waals surface area contributed by atoms with Crippen LogP contribution in [0.2, 0.25) is 0 Å². The summed E-state index contributed by atoms with van der Waals surface area (Å²) in [6, 6.07) is 0. The van der Waals surface area contributed by atoms with Crippen molar-refractivity contribution < 1.29 is 13.2 Å². The Morgan fingerprint density at radius 3 is 2.48 bits per heavy atom. The van der Waals surface area contributed by atoms with E-state index in [4.69, 9.17) is 9.73 Å². The fourth-order valence-electron chi connectivity index (χ4n) is 3.50. The third-order valence-electron chi connectivity index (χ3n) is 5.34. The van der Waals surface area contributed by atoms with Gasteiger partial charge in [-0.3, -0.25) is 4.99 Å². The summed E-state index contributed by atoms with van der Waals surface area (Å²) < 4.78 is 30.6. The first-order valence-corrected chi connectivity index (χ1v) is 12.0. The fourth-order valence-corrected chi connectivity index (χ4v) is 4.35. The van der Waals surface area contributed by atoms with Crippen LogP contribution in [0.5, 0.6) is 0 Å². The maximum atomic E-state index is 11.8. The second-order valence-corrected chi connectivity index (χ2v) is 9.72. The van der Waals surface area contributed by atoms with E-state index in [1.807, 2.05) is 6.92 Å². The van der Waals surface area contributed by atoms with Crippen molar-refractivity contribution in [3.05, 3.63) is 0 Å². The van der Waals surface area contributed by atoms with Crippen molar-refractivity contribution in [2.75, 3.05) is 52.2 Å². The Bertz CT molecular complexity index is 531. The van der Waals surface area contributed by atoms with E-state index >= 15 is 0 Å². The minimum Gasteiger partial charge on any atom is -0.382 e. The highest BCUT2D eigenvalue weighted by Crippen LogP contribution is 2.41. The third-order valence-corrected chi connectivity index (χ3v) is 7.21. The van der Waals surface area contributed by atoms with Crippen LogP contribution < -0.4 is 10.6 Å². The monoisotopic (exact) mass is 404 g/mol. The second kappa shape index (κ2) is 12.6. The summed E-state index contributed by atoms with van der Waals surface area (Å²) in [6.07, 6.45) is 6.83. The summed E-state index contributed by atoms with van der Waals surface area (Å²) in [5.74, 6) is 0.964. The lowest BCUT2D eigenvalue weighted by Crippen LogP contribution is -2.40. The van der Waals surface area contributed by atoms with Gasteiger partial charge in [0.2, 0.25) is 10.0 Å². The molecule has 27 heavy (non-hydrogen) atoms. The lowest BCUT2D eigenvalue weighted by atomic mass is 9.83. The summed E-state index contributed by atoms with van der Waals surface area (Å²) in [7, 11) is -1.46. The van der Waals surface area contributed by atoms with E-state index in [-0.39, 0.29) is 11.2 Å². The first-order chi connectivity index (χ1) is 12.9. The molecule has 1 rings (SSSR count). The first-order valence-electron chi connectivity index (χ1n) is 10.4.